The van der Waals surface area contributed by atoms with E-state index in [0.717, 1.165) is 24.8 Å². The highest BCUT2D eigenvalue weighted by Crippen LogP contribution is 2.35. The van der Waals surface area contributed by atoms with Crippen LogP contribution in [0.5, 0.6) is 0 Å². The van der Waals surface area contributed by atoms with Crippen molar-refractivity contribution < 1.29 is 19.5 Å². The van der Waals surface area contributed by atoms with Gasteiger partial charge in [-0.1, -0.05) is 37.8 Å². The van der Waals surface area contributed by atoms with Crippen molar-refractivity contribution in [3.8, 4) is 0 Å². The molecule has 2 amide bonds. The summed E-state index contributed by atoms with van der Waals surface area (Å²) in [6.45, 7) is 0. The third-order valence-corrected chi connectivity index (χ3v) is 6.12. The molecule has 0 saturated heterocycles. The lowest BCUT2D eigenvalue weighted by Gasteiger charge is -2.21. The number of nitrogens with zero attached hydrogens (tertiary/aromatic N) is 2. The maximum absolute atomic E-state index is 13.2. The molecule has 1 saturated carbocycles. The van der Waals surface area contributed by atoms with Crippen molar-refractivity contribution >= 4 is 29.3 Å². The van der Waals surface area contributed by atoms with E-state index in [4.69, 9.17) is 5.11 Å². The van der Waals surface area contributed by atoms with E-state index in [0.29, 0.717) is 23.0 Å². The molecule has 1 fully saturated rings. The predicted octanol–water partition coefficient (Wildman–Crippen LogP) is 4.73. The largest absolute Gasteiger partial charge is 0.478 e. The summed E-state index contributed by atoms with van der Waals surface area (Å²) in [5.74, 6) is -1.10. The molecule has 2 heterocycles. The first kappa shape index (κ1) is 23.1. The zero-order valence-corrected chi connectivity index (χ0v) is 18.6. The molecular weight excluding hydrogens is 432 g/mol. The lowest BCUT2D eigenvalue weighted by Crippen LogP contribution is -2.23. The monoisotopic (exact) mass is 458 g/mol. The number of anilines is 2. The topological polar surface area (TPSA) is 121 Å². The highest BCUT2D eigenvalue weighted by molar-refractivity contribution is 6.04. The molecule has 0 aliphatic heterocycles. The number of carboxylic acids is 1. The third kappa shape index (κ3) is 5.83. The Morgan fingerprint density at radius 2 is 1.71 bits per heavy atom. The van der Waals surface area contributed by atoms with Gasteiger partial charge in [0.05, 0.1) is 17.0 Å². The summed E-state index contributed by atoms with van der Waals surface area (Å²) in [5.41, 5.74) is 2.00. The maximum atomic E-state index is 13.2. The molecular formula is C26H26N4O4. The lowest BCUT2D eigenvalue weighted by molar-refractivity contribution is -0.118. The van der Waals surface area contributed by atoms with Gasteiger partial charge in [0.1, 0.15) is 5.82 Å². The van der Waals surface area contributed by atoms with E-state index in [1.54, 1.807) is 30.5 Å². The average molecular weight is 459 g/mol. The summed E-state index contributed by atoms with van der Waals surface area (Å²) in [7, 11) is 0. The molecule has 1 atom stereocenters. The minimum atomic E-state index is -1.07. The van der Waals surface area contributed by atoms with E-state index in [9.17, 15) is 14.4 Å². The average Bonchev–Trinajstić information content (AvgIpc) is 3.37. The molecule has 4 rings (SSSR count). The first-order valence-electron chi connectivity index (χ1n) is 11.3. The van der Waals surface area contributed by atoms with Gasteiger partial charge in [0, 0.05) is 24.3 Å². The minimum Gasteiger partial charge on any atom is -0.478 e. The van der Waals surface area contributed by atoms with Crippen molar-refractivity contribution in [2.75, 3.05) is 10.6 Å². The standard InChI is InChI=1S/C26H26N4O4/c31-24(19-6-3-13-27-15-19)29-21-10-7-18(8-11-21)22(14-17-4-1-2-5-17)25(32)30-23-12-9-20(16-28-23)26(33)34/h3,6-13,15-17,22H,1-2,4-5,14H2,(H,29,31)(H,33,34)(H,28,30,32). The molecule has 3 N–H and O–H groups in total. The van der Waals surface area contributed by atoms with Crippen molar-refractivity contribution in [3.63, 3.8) is 0 Å². The number of carbonyl (C=O) groups excluding carboxylic acids is 2. The van der Waals surface area contributed by atoms with Crippen molar-refractivity contribution in [1.29, 1.82) is 0 Å². The van der Waals surface area contributed by atoms with Crippen molar-refractivity contribution in [2.24, 2.45) is 5.92 Å². The van der Waals surface area contributed by atoms with Crippen LogP contribution in [0.1, 0.15) is 64.3 Å². The Labute approximate surface area is 197 Å². The second-order valence-electron chi connectivity index (χ2n) is 8.48. The number of nitrogens with one attached hydrogen (secondary N) is 2. The summed E-state index contributed by atoms with van der Waals surface area (Å²) in [6.07, 6.45) is 9.63. The van der Waals surface area contributed by atoms with Gasteiger partial charge in [-0.15, -0.1) is 0 Å². The third-order valence-electron chi connectivity index (χ3n) is 6.12. The highest BCUT2D eigenvalue weighted by Gasteiger charge is 2.27. The summed E-state index contributed by atoms with van der Waals surface area (Å²) in [6, 6.07) is 13.6. The molecule has 1 aliphatic carbocycles. The summed E-state index contributed by atoms with van der Waals surface area (Å²) in [4.78, 5) is 44.7. The number of aromatic nitrogens is 2. The first-order valence-corrected chi connectivity index (χ1v) is 11.3. The fourth-order valence-corrected chi connectivity index (χ4v) is 4.28. The van der Waals surface area contributed by atoms with Gasteiger partial charge >= 0.3 is 5.97 Å². The lowest BCUT2D eigenvalue weighted by atomic mass is 9.87. The number of amides is 2. The van der Waals surface area contributed by atoms with Gasteiger partial charge < -0.3 is 15.7 Å². The van der Waals surface area contributed by atoms with Gasteiger partial charge in [-0.05, 0) is 54.3 Å². The zero-order valence-electron chi connectivity index (χ0n) is 18.6. The van der Waals surface area contributed by atoms with Gasteiger partial charge in [-0.25, -0.2) is 9.78 Å². The van der Waals surface area contributed by atoms with Gasteiger partial charge in [0.2, 0.25) is 5.91 Å². The van der Waals surface area contributed by atoms with Crippen molar-refractivity contribution in [2.45, 2.75) is 38.0 Å². The molecule has 8 nitrogen and oxygen atoms in total. The minimum absolute atomic E-state index is 0.0597. The Bertz CT molecular complexity index is 1140. The Hall–Kier alpha value is -4.07. The molecule has 2 aromatic heterocycles. The van der Waals surface area contributed by atoms with Gasteiger partial charge in [0.25, 0.3) is 5.91 Å². The Morgan fingerprint density at radius 1 is 0.941 bits per heavy atom. The van der Waals surface area contributed by atoms with Crippen LogP contribution >= 0.6 is 0 Å². The summed E-state index contributed by atoms with van der Waals surface area (Å²) < 4.78 is 0. The smallest absolute Gasteiger partial charge is 0.337 e. The maximum Gasteiger partial charge on any atom is 0.337 e. The Kier molecular flexibility index (Phi) is 7.27. The summed E-state index contributed by atoms with van der Waals surface area (Å²) in [5, 5.41) is 14.7. The zero-order chi connectivity index (χ0) is 23.9. The molecule has 0 spiro atoms. The van der Waals surface area contributed by atoms with E-state index < -0.39 is 5.97 Å². The van der Waals surface area contributed by atoms with Crippen LogP contribution in [0.3, 0.4) is 0 Å². The van der Waals surface area contributed by atoms with Crippen LogP contribution in [0.25, 0.3) is 0 Å². The van der Waals surface area contributed by atoms with Crippen molar-refractivity contribution in [1.82, 2.24) is 9.97 Å². The molecule has 0 radical (unpaired) electrons. The molecule has 34 heavy (non-hydrogen) atoms. The SMILES string of the molecule is O=C(O)c1ccc(NC(=O)C(CC2CCCC2)c2ccc(NC(=O)c3cccnc3)cc2)nc1. The van der Waals surface area contributed by atoms with Gasteiger partial charge in [-0.2, -0.15) is 0 Å². The van der Waals surface area contributed by atoms with Crippen LogP contribution in [-0.2, 0) is 4.79 Å². The molecule has 1 aromatic carbocycles. The molecule has 8 heteroatoms. The quantitative estimate of drug-likeness (QED) is 0.449. The van der Waals surface area contributed by atoms with E-state index >= 15 is 0 Å². The van der Waals surface area contributed by atoms with Crippen LogP contribution in [0.2, 0.25) is 0 Å². The number of hydrogen-bond donors (Lipinski definition) is 3. The Balaban J connectivity index is 1.48. The number of carboxylic acid groups (broad SMARTS) is 1. The van der Waals surface area contributed by atoms with Gasteiger partial charge in [0.15, 0.2) is 0 Å². The van der Waals surface area contributed by atoms with E-state index in [-0.39, 0.29) is 23.3 Å². The van der Waals surface area contributed by atoms with Crippen LogP contribution in [0, 0.1) is 5.92 Å². The molecule has 174 valence electrons. The van der Waals surface area contributed by atoms with Gasteiger partial charge in [-0.3, -0.25) is 14.6 Å². The molecule has 1 unspecified atom stereocenters. The number of aromatic carboxylic acids is 1. The first-order chi connectivity index (χ1) is 16.5. The van der Waals surface area contributed by atoms with E-state index in [2.05, 4.69) is 20.6 Å². The molecule has 3 aromatic rings. The fourth-order valence-electron chi connectivity index (χ4n) is 4.28. The summed E-state index contributed by atoms with van der Waals surface area (Å²) >= 11 is 0. The fraction of sp³-hybridized carbons (Fsp3) is 0.269. The Morgan fingerprint density at radius 3 is 2.32 bits per heavy atom. The second kappa shape index (κ2) is 10.7. The normalized spacial score (nSPS) is 14.4. The molecule has 0 bridgehead atoms. The van der Waals surface area contributed by atoms with Crippen LogP contribution < -0.4 is 10.6 Å². The van der Waals surface area contributed by atoms with Crippen LogP contribution in [0.4, 0.5) is 11.5 Å². The van der Waals surface area contributed by atoms with Crippen molar-refractivity contribution in [3.05, 3.63) is 83.8 Å². The number of carbonyl (C=O) groups is 3. The predicted molar refractivity (Wildman–Crippen MR) is 128 cm³/mol. The number of hydrogen-bond acceptors (Lipinski definition) is 5. The number of pyridine rings is 2. The highest BCUT2D eigenvalue weighted by atomic mass is 16.4. The second-order valence-corrected chi connectivity index (χ2v) is 8.48. The molecule has 1 aliphatic rings. The van der Waals surface area contributed by atoms with E-state index in [1.807, 2.05) is 12.1 Å². The number of benzene rings is 1. The van der Waals surface area contributed by atoms with E-state index in [1.165, 1.54) is 37.4 Å². The van der Waals surface area contributed by atoms with Crippen LogP contribution in [-0.4, -0.2) is 32.9 Å². The van der Waals surface area contributed by atoms with Crippen LogP contribution in [0.15, 0.2) is 67.1 Å². The number of rotatable bonds is 8.